The lowest BCUT2D eigenvalue weighted by molar-refractivity contribution is -0.118. The van der Waals surface area contributed by atoms with E-state index < -0.39 is 0 Å². The van der Waals surface area contributed by atoms with E-state index in [0.717, 1.165) is 10.0 Å². The van der Waals surface area contributed by atoms with E-state index in [0.29, 0.717) is 30.2 Å². The van der Waals surface area contributed by atoms with Gasteiger partial charge in [-0.3, -0.25) is 9.59 Å². The number of anilines is 1. The third-order valence-corrected chi connectivity index (χ3v) is 4.41. The molecule has 0 aliphatic carbocycles. The number of hydrogen-bond acceptors (Lipinski definition) is 4. The predicted octanol–water partition coefficient (Wildman–Crippen LogP) is 3.15. The number of methoxy groups -OCH3 is 1. The summed E-state index contributed by atoms with van der Waals surface area (Å²) in [7, 11) is 1.57. The van der Waals surface area contributed by atoms with Crippen LogP contribution in [-0.4, -0.2) is 38.7 Å². The number of ether oxygens (including phenoxy) is 2. The summed E-state index contributed by atoms with van der Waals surface area (Å²) in [6.07, 6.45) is 0. The zero-order chi connectivity index (χ0) is 18.9. The van der Waals surface area contributed by atoms with E-state index in [9.17, 15) is 9.59 Å². The normalized spacial score (nSPS) is 10.3. The van der Waals surface area contributed by atoms with Crippen LogP contribution in [0.25, 0.3) is 0 Å². The van der Waals surface area contributed by atoms with E-state index in [1.807, 2.05) is 19.1 Å². The third kappa shape index (κ3) is 6.16. The number of nitrogens with one attached hydrogen (secondary N) is 2. The molecule has 0 aromatic heterocycles. The van der Waals surface area contributed by atoms with Crippen molar-refractivity contribution >= 4 is 33.4 Å². The highest BCUT2D eigenvalue weighted by Crippen LogP contribution is 2.21. The van der Waals surface area contributed by atoms with Gasteiger partial charge in [-0.2, -0.15) is 0 Å². The molecule has 0 fully saturated rings. The summed E-state index contributed by atoms with van der Waals surface area (Å²) in [6, 6.07) is 12.2. The van der Waals surface area contributed by atoms with Crippen LogP contribution >= 0.6 is 15.9 Å². The van der Waals surface area contributed by atoms with Gasteiger partial charge in [0.1, 0.15) is 5.75 Å². The number of amides is 2. The summed E-state index contributed by atoms with van der Waals surface area (Å²) in [5.74, 6) is 0.167. The van der Waals surface area contributed by atoms with E-state index in [-0.39, 0.29) is 18.4 Å². The summed E-state index contributed by atoms with van der Waals surface area (Å²) in [6.45, 7) is 2.75. The van der Waals surface area contributed by atoms with Crippen molar-refractivity contribution in [1.82, 2.24) is 5.32 Å². The van der Waals surface area contributed by atoms with Gasteiger partial charge in [0.25, 0.3) is 11.8 Å². The Labute approximate surface area is 161 Å². The van der Waals surface area contributed by atoms with Gasteiger partial charge in [0.2, 0.25) is 0 Å². The first-order chi connectivity index (χ1) is 12.5. The number of aryl methyl sites for hydroxylation is 1. The number of carbonyl (C=O) groups is 2. The van der Waals surface area contributed by atoms with Gasteiger partial charge in [-0.15, -0.1) is 0 Å². The molecule has 0 radical (unpaired) electrons. The van der Waals surface area contributed by atoms with Crippen LogP contribution in [0.15, 0.2) is 46.9 Å². The lowest BCUT2D eigenvalue weighted by atomic mass is 10.2. The summed E-state index contributed by atoms with van der Waals surface area (Å²) >= 11 is 3.42. The first-order valence-electron chi connectivity index (χ1n) is 8.05. The first kappa shape index (κ1) is 19.9. The fourth-order valence-corrected chi connectivity index (χ4v) is 2.37. The Morgan fingerprint density at radius 1 is 1.12 bits per heavy atom. The Morgan fingerprint density at radius 2 is 1.85 bits per heavy atom. The highest BCUT2D eigenvalue weighted by Gasteiger charge is 2.07. The smallest absolute Gasteiger partial charge is 0.262 e. The largest absolute Gasteiger partial charge is 0.484 e. The Balaban J connectivity index is 1.83. The van der Waals surface area contributed by atoms with Gasteiger partial charge >= 0.3 is 0 Å². The zero-order valence-electron chi connectivity index (χ0n) is 14.7. The van der Waals surface area contributed by atoms with Gasteiger partial charge in [0, 0.05) is 29.4 Å². The van der Waals surface area contributed by atoms with Gasteiger partial charge < -0.3 is 20.1 Å². The molecule has 0 atom stereocenters. The van der Waals surface area contributed by atoms with Gasteiger partial charge in [-0.25, -0.2) is 0 Å². The Morgan fingerprint density at radius 3 is 2.50 bits per heavy atom. The molecule has 6 nitrogen and oxygen atoms in total. The zero-order valence-corrected chi connectivity index (χ0v) is 16.3. The van der Waals surface area contributed by atoms with E-state index in [2.05, 4.69) is 26.6 Å². The molecule has 26 heavy (non-hydrogen) atoms. The number of carbonyl (C=O) groups excluding carboxylic acids is 2. The van der Waals surface area contributed by atoms with Crippen molar-refractivity contribution in [3.63, 3.8) is 0 Å². The summed E-state index contributed by atoms with van der Waals surface area (Å²) in [4.78, 5) is 23.9. The molecule has 2 aromatic rings. The summed E-state index contributed by atoms with van der Waals surface area (Å²) in [5, 5.41) is 5.46. The maximum atomic E-state index is 12.0. The molecule has 138 valence electrons. The van der Waals surface area contributed by atoms with Crippen LogP contribution in [0.3, 0.4) is 0 Å². The predicted molar refractivity (Wildman–Crippen MR) is 104 cm³/mol. The average Bonchev–Trinajstić information content (AvgIpc) is 2.63. The van der Waals surface area contributed by atoms with Crippen LogP contribution in [0.2, 0.25) is 0 Å². The minimum Gasteiger partial charge on any atom is -0.484 e. The highest BCUT2D eigenvalue weighted by molar-refractivity contribution is 9.10. The van der Waals surface area contributed by atoms with Gasteiger partial charge in [-0.05, 0) is 55.0 Å². The van der Waals surface area contributed by atoms with E-state index >= 15 is 0 Å². The number of hydrogen-bond donors (Lipinski definition) is 2. The topological polar surface area (TPSA) is 76.7 Å². The van der Waals surface area contributed by atoms with Crippen molar-refractivity contribution in [1.29, 1.82) is 0 Å². The van der Waals surface area contributed by atoms with Crippen LogP contribution in [0.4, 0.5) is 5.69 Å². The van der Waals surface area contributed by atoms with Crippen molar-refractivity contribution in [3.8, 4) is 5.75 Å². The molecule has 0 aliphatic heterocycles. The standard InChI is InChI=1S/C19H21BrN2O4/c1-13-11-16(7-8-17(13)20)26-12-18(23)22-15-5-3-14(4-6-15)19(24)21-9-10-25-2/h3-8,11H,9-10,12H2,1-2H3,(H,21,24)(H,22,23). The van der Waals surface area contributed by atoms with E-state index in [1.165, 1.54) is 0 Å². The Hall–Kier alpha value is -2.38. The summed E-state index contributed by atoms with van der Waals surface area (Å²) < 4.78 is 11.4. The van der Waals surface area contributed by atoms with Crippen LogP contribution in [0.5, 0.6) is 5.75 Å². The molecule has 2 amide bonds. The molecular weight excluding hydrogens is 400 g/mol. The monoisotopic (exact) mass is 420 g/mol. The Kier molecular flexibility index (Phi) is 7.62. The van der Waals surface area contributed by atoms with E-state index in [1.54, 1.807) is 37.4 Å². The molecule has 2 N–H and O–H groups in total. The molecule has 0 heterocycles. The lowest BCUT2D eigenvalue weighted by Crippen LogP contribution is -2.26. The maximum absolute atomic E-state index is 12.0. The Bertz CT molecular complexity index is 763. The first-order valence-corrected chi connectivity index (χ1v) is 8.85. The van der Waals surface area contributed by atoms with Crippen LogP contribution in [0.1, 0.15) is 15.9 Å². The quantitative estimate of drug-likeness (QED) is 0.643. The van der Waals surface area contributed by atoms with Crippen LogP contribution < -0.4 is 15.4 Å². The fraction of sp³-hybridized carbons (Fsp3) is 0.263. The van der Waals surface area contributed by atoms with Crippen molar-refractivity contribution < 1.29 is 19.1 Å². The molecule has 0 spiro atoms. The molecule has 2 rings (SSSR count). The van der Waals surface area contributed by atoms with Crippen molar-refractivity contribution in [2.75, 3.05) is 32.2 Å². The minimum absolute atomic E-state index is 0.0969. The number of halogens is 1. The SMILES string of the molecule is COCCNC(=O)c1ccc(NC(=O)COc2ccc(Br)c(C)c2)cc1. The number of rotatable bonds is 8. The second-order valence-corrected chi connectivity index (χ2v) is 6.43. The lowest BCUT2D eigenvalue weighted by Gasteiger charge is -2.09. The third-order valence-electron chi connectivity index (χ3n) is 3.52. The fourth-order valence-electron chi connectivity index (χ4n) is 2.13. The van der Waals surface area contributed by atoms with Crippen molar-refractivity contribution in [3.05, 3.63) is 58.1 Å². The highest BCUT2D eigenvalue weighted by atomic mass is 79.9. The molecule has 0 saturated heterocycles. The molecule has 0 aliphatic rings. The molecule has 0 unspecified atom stereocenters. The molecular formula is C19H21BrN2O4. The van der Waals surface area contributed by atoms with Gasteiger partial charge in [0.05, 0.1) is 6.61 Å². The van der Waals surface area contributed by atoms with Crippen LogP contribution in [-0.2, 0) is 9.53 Å². The molecule has 2 aromatic carbocycles. The maximum Gasteiger partial charge on any atom is 0.262 e. The van der Waals surface area contributed by atoms with Crippen LogP contribution in [0, 0.1) is 6.92 Å². The minimum atomic E-state index is -0.275. The van der Waals surface area contributed by atoms with Gasteiger partial charge in [0.15, 0.2) is 6.61 Å². The second-order valence-electron chi connectivity index (χ2n) is 5.57. The molecule has 0 bridgehead atoms. The number of benzene rings is 2. The molecule has 0 saturated carbocycles. The van der Waals surface area contributed by atoms with E-state index in [4.69, 9.17) is 9.47 Å². The second kappa shape index (κ2) is 9.94. The molecule has 7 heteroatoms. The van der Waals surface area contributed by atoms with Gasteiger partial charge in [-0.1, -0.05) is 15.9 Å². The van der Waals surface area contributed by atoms with Crippen molar-refractivity contribution in [2.45, 2.75) is 6.92 Å². The van der Waals surface area contributed by atoms with Crippen molar-refractivity contribution in [2.24, 2.45) is 0 Å². The average molecular weight is 421 g/mol. The summed E-state index contributed by atoms with van der Waals surface area (Å²) in [5.41, 5.74) is 2.14.